The van der Waals surface area contributed by atoms with Gasteiger partial charge in [0.25, 0.3) is 0 Å². The molecule has 3 aromatic carbocycles. The molecule has 0 heterocycles. The minimum Gasteiger partial charge on any atom is -0.289 e. The second kappa shape index (κ2) is 14.2. The second-order valence-corrected chi connectivity index (χ2v) is 12.8. The van der Waals surface area contributed by atoms with E-state index in [1.165, 1.54) is 60.3 Å². The lowest BCUT2D eigenvalue weighted by atomic mass is 9.79. The number of allylic oxidation sites excluding steroid dienone is 4. The van der Waals surface area contributed by atoms with Gasteiger partial charge in [0, 0.05) is 41.8 Å². The molecule has 0 radical (unpaired) electrons. The fourth-order valence-electron chi connectivity index (χ4n) is 5.35. The number of fused-ring (bicyclic) bond motifs is 2. The van der Waals surface area contributed by atoms with Crippen molar-refractivity contribution in [3.63, 3.8) is 0 Å². The molecule has 0 saturated heterocycles. The summed E-state index contributed by atoms with van der Waals surface area (Å²) in [5, 5.41) is 0. The maximum absolute atomic E-state index is 13.9. The molecule has 1 saturated carbocycles. The Morgan fingerprint density at radius 1 is 0.805 bits per heavy atom. The zero-order valence-electron chi connectivity index (χ0n) is 24.8. The molecule has 212 valence electrons. The number of rotatable bonds is 7. The van der Waals surface area contributed by atoms with Crippen molar-refractivity contribution in [3.05, 3.63) is 124 Å². The van der Waals surface area contributed by atoms with Gasteiger partial charge < -0.3 is 0 Å². The Balaban J connectivity index is 0.00000189. The van der Waals surface area contributed by atoms with Gasteiger partial charge in [-0.05, 0) is 68.9 Å². The van der Waals surface area contributed by atoms with E-state index in [0.29, 0.717) is 28.2 Å². The van der Waals surface area contributed by atoms with Crippen LogP contribution in [0.25, 0.3) is 0 Å². The third-order valence-corrected chi connectivity index (χ3v) is 9.99. The molecule has 0 amide bonds. The molecule has 0 aromatic heterocycles. The lowest BCUT2D eigenvalue weighted by Gasteiger charge is -2.26. The molecule has 3 aromatic rings. The van der Waals surface area contributed by atoms with Gasteiger partial charge >= 0.3 is 0 Å². The SMILES string of the molecule is C=C(/C=C\C(=C/C)Sc1cccc2c1C(=O)c1cccc(Sc3ccc(C)cc3)c1C2=O)C1CCC(C)CC1.CC. The molecule has 41 heavy (non-hydrogen) atoms. The number of carbonyl (C=O) groups excluding carboxylic acids is 2. The van der Waals surface area contributed by atoms with Gasteiger partial charge in [-0.25, -0.2) is 0 Å². The first-order chi connectivity index (χ1) is 19.9. The summed E-state index contributed by atoms with van der Waals surface area (Å²) in [6.07, 6.45) is 11.2. The minimum absolute atomic E-state index is 0.0882. The van der Waals surface area contributed by atoms with Gasteiger partial charge in [-0.15, -0.1) is 0 Å². The number of aryl methyl sites for hydroxylation is 1. The van der Waals surface area contributed by atoms with Crippen LogP contribution in [0.4, 0.5) is 0 Å². The summed E-state index contributed by atoms with van der Waals surface area (Å²) in [4.78, 5) is 31.4. The number of thioether (sulfide) groups is 1. The van der Waals surface area contributed by atoms with E-state index in [-0.39, 0.29) is 11.6 Å². The maximum atomic E-state index is 13.9. The van der Waals surface area contributed by atoms with E-state index in [9.17, 15) is 9.59 Å². The van der Waals surface area contributed by atoms with Crippen LogP contribution >= 0.6 is 23.5 Å². The monoisotopic (exact) mass is 580 g/mol. The standard InChI is InChI=1S/C35H34O2S2.C2H6/c1-5-26(21-16-24(4)25-17-12-22(2)13-18-25)38-30-10-6-8-28-32(30)34(36)29-9-7-11-31(33(29)35(28)37)39-27-19-14-23(3)15-20-27;1-2/h5-11,14-16,19-22,25H,4,12-13,17-18H2,1-3H3;1-2H3/b21-16-,26-5+;. The lowest BCUT2D eigenvalue weighted by Crippen LogP contribution is -2.22. The summed E-state index contributed by atoms with van der Waals surface area (Å²) < 4.78 is 0. The van der Waals surface area contributed by atoms with Crippen LogP contribution < -0.4 is 0 Å². The Kier molecular flexibility index (Phi) is 10.7. The van der Waals surface area contributed by atoms with Crippen molar-refractivity contribution in [2.75, 3.05) is 0 Å². The van der Waals surface area contributed by atoms with Crippen molar-refractivity contribution in [3.8, 4) is 0 Å². The summed E-state index contributed by atoms with van der Waals surface area (Å²) in [5.41, 5.74) is 4.33. The molecule has 2 aliphatic carbocycles. The van der Waals surface area contributed by atoms with E-state index < -0.39 is 0 Å². The molecule has 1 fully saturated rings. The van der Waals surface area contributed by atoms with Crippen LogP contribution in [-0.4, -0.2) is 11.6 Å². The zero-order valence-corrected chi connectivity index (χ0v) is 26.5. The molecule has 2 nitrogen and oxygen atoms in total. The van der Waals surface area contributed by atoms with E-state index in [0.717, 1.165) is 25.5 Å². The molecule has 2 aliphatic rings. The van der Waals surface area contributed by atoms with E-state index in [1.54, 1.807) is 12.1 Å². The van der Waals surface area contributed by atoms with Gasteiger partial charge in [-0.1, -0.05) is 123 Å². The number of carbonyl (C=O) groups is 2. The Morgan fingerprint density at radius 3 is 1.95 bits per heavy atom. The first-order valence-electron chi connectivity index (χ1n) is 14.7. The van der Waals surface area contributed by atoms with Crippen molar-refractivity contribution >= 4 is 35.1 Å². The van der Waals surface area contributed by atoms with Crippen molar-refractivity contribution in [1.82, 2.24) is 0 Å². The Bertz CT molecular complexity index is 1490. The molecule has 0 bridgehead atoms. The number of benzene rings is 3. The summed E-state index contributed by atoms with van der Waals surface area (Å²) in [6.45, 7) is 14.7. The van der Waals surface area contributed by atoms with Crippen LogP contribution in [0.5, 0.6) is 0 Å². The Labute approximate surface area is 254 Å². The molecular weight excluding hydrogens is 541 g/mol. The first-order valence-corrected chi connectivity index (χ1v) is 16.3. The summed E-state index contributed by atoms with van der Waals surface area (Å²) >= 11 is 3.06. The highest BCUT2D eigenvalue weighted by molar-refractivity contribution is 8.03. The van der Waals surface area contributed by atoms with Gasteiger partial charge in [0.15, 0.2) is 11.6 Å². The highest BCUT2D eigenvalue weighted by Gasteiger charge is 2.33. The predicted molar refractivity (Wildman–Crippen MR) is 175 cm³/mol. The molecule has 0 atom stereocenters. The molecule has 0 spiro atoms. The molecule has 5 rings (SSSR count). The summed E-state index contributed by atoms with van der Waals surface area (Å²) in [6, 6.07) is 19.4. The largest absolute Gasteiger partial charge is 0.289 e. The van der Waals surface area contributed by atoms with Gasteiger partial charge in [0.05, 0.1) is 0 Å². The maximum Gasteiger partial charge on any atom is 0.195 e. The Morgan fingerprint density at radius 2 is 1.37 bits per heavy atom. The van der Waals surface area contributed by atoms with Gasteiger partial charge in [0.1, 0.15) is 0 Å². The van der Waals surface area contributed by atoms with Crippen LogP contribution in [0.15, 0.2) is 111 Å². The molecule has 0 aliphatic heterocycles. The average Bonchev–Trinajstić information content (AvgIpc) is 3.00. The summed E-state index contributed by atoms with van der Waals surface area (Å²) in [5.74, 6) is 1.18. The van der Waals surface area contributed by atoms with Crippen molar-refractivity contribution in [1.29, 1.82) is 0 Å². The lowest BCUT2D eigenvalue weighted by molar-refractivity contribution is 0.0974. The second-order valence-electron chi connectivity index (χ2n) is 10.6. The van der Waals surface area contributed by atoms with Crippen LogP contribution in [-0.2, 0) is 0 Å². The van der Waals surface area contributed by atoms with Crippen molar-refractivity contribution in [2.24, 2.45) is 11.8 Å². The minimum atomic E-state index is -0.0887. The third-order valence-electron chi connectivity index (χ3n) is 7.76. The van der Waals surface area contributed by atoms with E-state index in [2.05, 4.69) is 50.8 Å². The molecule has 4 heteroatoms. The van der Waals surface area contributed by atoms with Gasteiger partial charge in [0.2, 0.25) is 0 Å². The smallest absolute Gasteiger partial charge is 0.195 e. The quantitative estimate of drug-likeness (QED) is 0.161. The average molecular weight is 581 g/mol. The topological polar surface area (TPSA) is 34.1 Å². The summed E-state index contributed by atoms with van der Waals surface area (Å²) in [7, 11) is 0. The Hall–Kier alpha value is -3.08. The normalized spacial score (nSPS) is 18.4. The number of hydrogen-bond acceptors (Lipinski definition) is 4. The van der Waals surface area contributed by atoms with Crippen molar-refractivity contribution in [2.45, 2.75) is 75.0 Å². The third kappa shape index (κ3) is 7.05. The number of ketones is 2. The highest BCUT2D eigenvalue weighted by atomic mass is 32.2. The van der Waals surface area contributed by atoms with Crippen LogP contribution in [0, 0.1) is 18.8 Å². The van der Waals surface area contributed by atoms with E-state index in [1.807, 2.05) is 57.2 Å². The number of hydrogen-bond donors (Lipinski definition) is 0. The fraction of sp³-hybridized carbons (Fsp3) is 0.297. The van der Waals surface area contributed by atoms with Crippen LogP contribution in [0.1, 0.15) is 90.8 Å². The van der Waals surface area contributed by atoms with Gasteiger partial charge in [-0.3, -0.25) is 9.59 Å². The predicted octanol–water partition coefficient (Wildman–Crippen LogP) is 10.9. The highest BCUT2D eigenvalue weighted by Crippen LogP contribution is 2.41. The molecular formula is C37H40O2S2. The van der Waals surface area contributed by atoms with E-state index >= 15 is 0 Å². The van der Waals surface area contributed by atoms with Gasteiger partial charge in [-0.2, -0.15) is 0 Å². The fourth-order valence-corrected chi connectivity index (χ4v) is 7.29. The van der Waals surface area contributed by atoms with E-state index in [4.69, 9.17) is 0 Å². The first kappa shape index (κ1) is 30.9. The van der Waals surface area contributed by atoms with Crippen LogP contribution in [0.3, 0.4) is 0 Å². The zero-order chi connectivity index (χ0) is 29.5. The molecule has 0 unspecified atom stereocenters. The van der Waals surface area contributed by atoms with Crippen LogP contribution in [0.2, 0.25) is 0 Å². The molecule has 0 N–H and O–H groups in total. The van der Waals surface area contributed by atoms with Crippen molar-refractivity contribution < 1.29 is 9.59 Å².